The van der Waals surface area contributed by atoms with Crippen molar-refractivity contribution in [2.75, 3.05) is 0 Å². The Balaban J connectivity index is 1.08. The summed E-state index contributed by atoms with van der Waals surface area (Å²) in [4.78, 5) is 15.6. The van der Waals surface area contributed by atoms with E-state index in [0.29, 0.717) is 17.5 Å². The van der Waals surface area contributed by atoms with Gasteiger partial charge < -0.3 is 8.98 Å². The molecule has 0 saturated heterocycles. The molecule has 0 bridgehead atoms. The van der Waals surface area contributed by atoms with Gasteiger partial charge in [-0.1, -0.05) is 159 Å². The number of nitrogens with zero attached hydrogens (tertiary/aromatic N) is 4. The summed E-state index contributed by atoms with van der Waals surface area (Å²) in [5, 5.41) is 4.59. The first-order valence-corrected chi connectivity index (χ1v) is 20.7. The van der Waals surface area contributed by atoms with Gasteiger partial charge in [0.1, 0.15) is 11.2 Å². The monoisotopic (exact) mass is 772 g/mol. The molecule has 0 saturated carbocycles. The first-order chi connectivity index (χ1) is 29.7. The fourth-order valence-corrected chi connectivity index (χ4v) is 8.57. The largest absolute Gasteiger partial charge is 0.456 e. The predicted molar refractivity (Wildman–Crippen MR) is 247 cm³/mol. The molecule has 11 aromatic rings. The van der Waals surface area contributed by atoms with Gasteiger partial charge in [-0.2, -0.15) is 0 Å². The molecule has 60 heavy (non-hydrogen) atoms. The summed E-state index contributed by atoms with van der Waals surface area (Å²) < 4.78 is 8.55. The Bertz CT molecular complexity index is 3340. The Labute approximate surface area is 348 Å². The Kier molecular flexibility index (Phi) is 8.85. The van der Waals surface area contributed by atoms with E-state index in [2.05, 4.69) is 181 Å². The van der Waals surface area contributed by atoms with Gasteiger partial charge >= 0.3 is 0 Å². The van der Waals surface area contributed by atoms with Gasteiger partial charge in [0.25, 0.3) is 0 Å². The van der Waals surface area contributed by atoms with E-state index in [9.17, 15) is 0 Å². The normalized spacial score (nSPS) is 11.6. The lowest BCUT2D eigenvalue weighted by molar-refractivity contribution is 0.669. The van der Waals surface area contributed by atoms with Crippen molar-refractivity contribution in [3.05, 3.63) is 194 Å². The Morgan fingerprint density at radius 2 is 0.983 bits per heavy atom. The summed E-state index contributed by atoms with van der Waals surface area (Å²) in [6.07, 6.45) is 3.38. The molecule has 3 heterocycles. The minimum absolute atomic E-state index is 0.618. The molecule has 0 atom stereocenters. The maximum atomic E-state index is 6.18. The van der Waals surface area contributed by atoms with E-state index in [1.165, 1.54) is 21.9 Å². The quantitative estimate of drug-likeness (QED) is 0.147. The third-order valence-corrected chi connectivity index (χ3v) is 11.7. The number of hydrogen-bond donors (Lipinski definition) is 0. The molecular formula is C55H40N4O. The molecule has 3 aromatic heterocycles. The van der Waals surface area contributed by atoms with Crippen molar-refractivity contribution in [2.45, 2.75) is 26.2 Å². The van der Waals surface area contributed by atoms with Crippen molar-refractivity contribution in [3.8, 4) is 62.1 Å². The highest BCUT2D eigenvalue weighted by atomic mass is 16.3. The van der Waals surface area contributed by atoms with Crippen LogP contribution in [0.25, 0.3) is 106 Å². The van der Waals surface area contributed by atoms with Gasteiger partial charge in [-0.3, -0.25) is 0 Å². The maximum Gasteiger partial charge on any atom is 0.166 e. The summed E-state index contributed by atoms with van der Waals surface area (Å²) in [6, 6.07) is 66.3. The second-order valence-corrected chi connectivity index (χ2v) is 15.5. The van der Waals surface area contributed by atoms with Crippen molar-refractivity contribution in [1.82, 2.24) is 19.5 Å². The van der Waals surface area contributed by atoms with E-state index in [0.717, 1.165) is 91.3 Å². The fraction of sp³-hybridized carbons (Fsp3) is 0.0727. The zero-order valence-corrected chi connectivity index (χ0v) is 33.2. The predicted octanol–water partition coefficient (Wildman–Crippen LogP) is 14.5. The first-order valence-electron chi connectivity index (χ1n) is 20.7. The average Bonchev–Trinajstić information content (AvgIpc) is 3.86. The molecule has 0 spiro atoms. The van der Waals surface area contributed by atoms with Crippen molar-refractivity contribution in [1.29, 1.82) is 0 Å². The highest BCUT2D eigenvalue weighted by molar-refractivity contribution is 6.11. The standard InChI is InChI=1S/C55H40N4O/c1-2-3-13-36-22-24-39(25-23-36)53-56-54(40-28-26-38(27-29-40)37-14-5-4-6-15-37)58-55(57-53)46-18-8-11-20-49(46)59-48-19-10-7-16-43(48)44-32-30-42(35-50(44)59)41-31-33-52-47(34-41)45-17-9-12-21-51(45)60-52/h4-12,14-35H,2-3,13H2,1H3. The number of hydrogen-bond acceptors (Lipinski definition) is 4. The van der Waals surface area contributed by atoms with Crippen LogP contribution < -0.4 is 0 Å². The lowest BCUT2D eigenvalue weighted by atomic mass is 10.0. The maximum absolute atomic E-state index is 6.18. The Hall–Kier alpha value is -7.63. The second-order valence-electron chi connectivity index (χ2n) is 15.5. The van der Waals surface area contributed by atoms with Gasteiger partial charge in [0.05, 0.1) is 16.7 Å². The summed E-state index contributed by atoms with van der Waals surface area (Å²) in [5.41, 5.74) is 13.7. The molecule has 0 amide bonds. The lowest BCUT2D eigenvalue weighted by Gasteiger charge is -2.15. The molecule has 11 rings (SSSR count). The molecule has 0 aliphatic rings. The van der Waals surface area contributed by atoms with Gasteiger partial charge in [-0.05, 0) is 83.1 Å². The van der Waals surface area contributed by atoms with E-state index in [1.54, 1.807) is 0 Å². The van der Waals surface area contributed by atoms with Gasteiger partial charge in [-0.15, -0.1) is 0 Å². The third-order valence-electron chi connectivity index (χ3n) is 11.7. The number of rotatable bonds is 9. The molecule has 286 valence electrons. The lowest BCUT2D eigenvalue weighted by Crippen LogP contribution is -2.03. The number of benzene rings is 8. The zero-order chi connectivity index (χ0) is 40.0. The van der Waals surface area contributed by atoms with Gasteiger partial charge in [0, 0.05) is 38.2 Å². The van der Waals surface area contributed by atoms with Crippen LogP contribution >= 0.6 is 0 Å². The van der Waals surface area contributed by atoms with Crippen molar-refractivity contribution in [3.63, 3.8) is 0 Å². The van der Waals surface area contributed by atoms with Crippen molar-refractivity contribution >= 4 is 43.7 Å². The second kappa shape index (κ2) is 14.9. The zero-order valence-electron chi connectivity index (χ0n) is 33.2. The van der Waals surface area contributed by atoms with Gasteiger partial charge in [0.2, 0.25) is 0 Å². The van der Waals surface area contributed by atoms with Crippen LogP contribution in [0.5, 0.6) is 0 Å². The topological polar surface area (TPSA) is 56.7 Å². The highest BCUT2D eigenvalue weighted by Crippen LogP contribution is 2.39. The van der Waals surface area contributed by atoms with E-state index in [1.807, 2.05) is 18.2 Å². The van der Waals surface area contributed by atoms with Gasteiger partial charge in [-0.25, -0.2) is 15.0 Å². The summed E-state index contributed by atoms with van der Waals surface area (Å²) in [7, 11) is 0. The van der Waals surface area contributed by atoms with E-state index < -0.39 is 0 Å². The van der Waals surface area contributed by atoms with Crippen LogP contribution in [0.1, 0.15) is 25.3 Å². The van der Waals surface area contributed by atoms with Crippen molar-refractivity contribution in [2.24, 2.45) is 0 Å². The SMILES string of the molecule is CCCCc1ccc(-c2nc(-c3ccc(-c4ccccc4)cc3)nc(-c3ccccc3-n3c4ccccc4c4ccc(-c5ccc6oc7ccccc7c6c5)cc43)n2)cc1. The van der Waals surface area contributed by atoms with Crippen LogP contribution in [-0.2, 0) is 6.42 Å². The van der Waals surface area contributed by atoms with Crippen LogP contribution in [0.4, 0.5) is 0 Å². The molecular weight excluding hydrogens is 733 g/mol. The highest BCUT2D eigenvalue weighted by Gasteiger charge is 2.20. The van der Waals surface area contributed by atoms with E-state index in [4.69, 9.17) is 19.4 Å². The van der Waals surface area contributed by atoms with Crippen molar-refractivity contribution < 1.29 is 4.42 Å². The first kappa shape index (κ1) is 35.5. The van der Waals surface area contributed by atoms with E-state index in [-0.39, 0.29) is 0 Å². The number of furan rings is 1. The van der Waals surface area contributed by atoms with Crippen LogP contribution in [0.3, 0.4) is 0 Å². The summed E-state index contributed by atoms with van der Waals surface area (Å²) >= 11 is 0. The number of fused-ring (bicyclic) bond motifs is 6. The molecule has 5 heteroatoms. The number of unbranched alkanes of at least 4 members (excludes halogenated alkanes) is 1. The fourth-order valence-electron chi connectivity index (χ4n) is 8.57. The molecule has 0 unspecified atom stereocenters. The smallest absolute Gasteiger partial charge is 0.166 e. The third kappa shape index (κ3) is 6.32. The molecule has 0 aliphatic heterocycles. The number of para-hydroxylation sites is 3. The molecule has 0 N–H and O–H groups in total. The van der Waals surface area contributed by atoms with Crippen LogP contribution in [0.2, 0.25) is 0 Å². The van der Waals surface area contributed by atoms with Crippen LogP contribution in [0, 0.1) is 0 Å². The Morgan fingerprint density at radius 3 is 1.78 bits per heavy atom. The number of aryl methyl sites for hydroxylation is 1. The van der Waals surface area contributed by atoms with E-state index >= 15 is 0 Å². The van der Waals surface area contributed by atoms with Crippen LogP contribution in [0.15, 0.2) is 192 Å². The Morgan fingerprint density at radius 1 is 0.417 bits per heavy atom. The minimum Gasteiger partial charge on any atom is -0.456 e. The molecule has 5 nitrogen and oxygen atoms in total. The summed E-state index contributed by atoms with van der Waals surface area (Å²) in [6.45, 7) is 2.23. The molecule has 8 aromatic carbocycles. The molecule has 0 fully saturated rings. The number of aromatic nitrogens is 4. The molecule has 0 aliphatic carbocycles. The average molecular weight is 773 g/mol. The van der Waals surface area contributed by atoms with Gasteiger partial charge in [0.15, 0.2) is 17.5 Å². The molecule has 0 radical (unpaired) electrons. The summed E-state index contributed by atoms with van der Waals surface area (Å²) in [5.74, 6) is 1.89. The van der Waals surface area contributed by atoms with Crippen LogP contribution in [-0.4, -0.2) is 19.5 Å². The minimum atomic E-state index is 0.618.